The summed E-state index contributed by atoms with van der Waals surface area (Å²) in [5, 5.41) is 3.02. The molecule has 1 saturated heterocycles. The first-order valence-corrected chi connectivity index (χ1v) is 8.87. The number of amides is 1. The zero-order valence-electron chi connectivity index (χ0n) is 13.6. The molecule has 3 rings (SSSR count). The fourth-order valence-electron chi connectivity index (χ4n) is 3.15. The summed E-state index contributed by atoms with van der Waals surface area (Å²) >= 11 is 3.22. The minimum atomic E-state index is -0.136. The highest BCUT2D eigenvalue weighted by atomic mass is 79.9. The van der Waals surface area contributed by atoms with Crippen molar-refractivity contribution < 1.29 is 13.9 Å². The first-order chi connectivity index (χ1) is 11.7. The van der Waals surface area contributed by atoms with E-state index in [1.807, 2.05) is 18.2 Å². The smallest absolute Gasteiger partial charge is 0.254 e. The summed E-state index contributed by atoms with van der Waals surface area (Å²) in [7, 11) is 1.68. The maximum Gasteiger partial charge on any atom is 0.254 e. The average molecular weight is 393 g/mol. The van der Waals surface area contributed by atoms with E-state index in [1.54, 1.807) is 13.2 Å². The molecule has 128 valence electrons. The molecule has 1 fully saturated rings. The van der Waals surface area contributed by atoms with E-state index in [1.165, 1.54) is 19.1 Å². The molecule has 2 aromatic rings. The third kappa shape index (κ3) is 3.82. The number of methoxy groups -OCH3 is 1. The van der Waals surface area contributed by atoms with Gasteiger partial charge in [0.1, 0.15) is 12.0 Å². The summed E-state index contributed by atoms with van der Waals surface area (Å²) in [6, 6.07) is 9.78. The molecule has 24 heavy (non-hydrogen) atoms. The SMILES string of the molecule is COc1ccccc1[C@H](CNC(=O)c1coc(Br)c1)N1CCCC1. The number of furan rings is 1. The van der Waals surface area contributed by atoms with E-state index >= 15 is 0 Å². The van der Waals surface area contributed by atoms with Crippen LogP contribution >= 0.6 is 15.9 Å². The zero-order valence-corrected chi connectivity index (χ0v) is 15.2. The molecular formula is C18H21BrN2O3. The summed E-state index contributed by atoms with van der Waals surface area (Å²) in [6.07, 6.45) is 3.83. The van der Waals surface area contributed by atoms with Gasteiger partial charge in [-0.1, -0.05) is 18.2 Å². The van der Waals surface area contributed by atoms with E-state index in [9.17, 15) is 4.79 Å². The monoisotopic (exact) mass is 392 g/mol. The summed E-state index contributed by atoms with van der Waals surface area (Å²) in [5.41, 5.74) is 1.62. The van der Waals surface area contributed by atoms with Crippen LogP contribution in [0.4, 0.5) is 0 Å². The van der Waals surface area contributed by atoms with E-state index < -0.39 is 0 Å². The highest BCUT2D eigenvalue weighted by molar-refractivity contribution is 9.10. The van der Waals surface area contributed by atoms with E-state index in [0.717, 1.165) is 24.4 Å². The Labute approximate surface area is 150 Å². The van der Waals surface area contributed by atoms with Gasteiger partial charge in [-0.2, -0.15) is 0 Å². The highest BCUT2D eigenvalue weighted by Crippen LogP contribution is 2.31. The predicted octanol–water partition coefficient (Wildman–Crippen LogP) is 3.62. The molecular weight excluding hydrogens is 372 g/mol. The fourth-order valence-corrected chi connectivity index (χ4v) is 3.49. The van der Waals surface area contributed by atoms with Crippen LogP contribution in [0, 0.1) is 0 Å². The van der Waals surface area contributed by atoms with Crippen molar-refractivity contribution in [2.45, 2.75) is 18.9 Å². The Kier molecular flexibility index (Phi) is 5.58. The van der Waals surface area contributed by atoms with Gasteiger partial charge in [0, 0.05) is 18.2 Å². The second-order valence-electron chi connectivity index (χ2n) is 5.85. The highest BCUT2D eigenvalue weighted by Gasteiger charge is 2.26. The van der Waals surface area contributed by atoms with Crippen LogP contribution in [0.1, 0.15) is 34.8 Å². The van der Waals surface area contributed by atoms with Crippen LogP contribution in [0.5, 0.6) is 5.75 Å². The first kappa shape index (κ1) is 17.0. The van der Waals surface area contributed by atoms with Gasteiger partial charge >= 0.3 is 0 Å². The Balaban J connectivity index is 1.76. The number of likely N-dealkylation sites (tertiary alicyclic amines) is 1. The number of nitrogens with one attached hydrogen (secondary N) is 1. The second-order valence-corrected chi connectivity index (χ2v) is 6.63. The molecule has 1 aromatic heterocycles. The zero-order chi connectivity index (χ0) is 16.9. The van der Waals surface area contributed by atoms with E-state index in [-0.39, 0.29) is 11.9 Å². The largest absolute Gasteiger partial charge is 0.496 e. The van der Waals surface area contributed by atoms with Crippen molar-refractivity contribution >= 4 is 21.8 Å². The lowest BCUT2D eigenvalue weighted by molar-refractivity contribution is 0.0936. The number of nitrogens with zero attached hydrogens (tertiary/aromatic N) is 1. The lowest BCUT2D eigenvalue weighted by Crippen LogP contribution is -2.36. The summed E-state index contributed by atoms with van der Waals surface area (Å²) in [5.74, 6) is 0.721. The number of hydrogen-bond donors (Lipinski definition) is 1. The van der Waals surface area contributed by atoms with Gasteiger partial charge in [0.25, 0.3) is 5.91 Å². The molecule has 0 aliphatic carbocycles. The van der Waals surface area contributed by atoms with Gasteiger partial charge in [-0.05, 0) is 47.9 Å². The molecule has 1 aromatic carbocycles. The molecule has 1 aliphatic rings. The van der Waals surface area contributed by atoms with Crippen LogP contribution in [0.2, 0.25) is 0 Å². The number of benzene rings is 1. The minimum Gasteiger partial charge on any atom is -0.496 e. The maximum absolute atomic E-state index is 12.3. The Morgan fingerprint density at radius 3 is 2.79 bits per heavy atom. The number of ether oxygens (including phenoxy) is 1. The van der Waals surface area contributed by atoms with Crippen molar-refractivity contribution in [3.8, 4) is 5.75 Å². The summed E-state index contributed by atoms with van der Waals surface area (Å²) in [6.45, 7) is 2.60. The number of carbonyl (C=O) groups is 1. The maximum atomic E-state index is 12.3. The van der Waals surface area contributed by atoms with Gasteiger partial charge in [0.05, 0.1) is 18.7 Å². The molecule has 6 heteroatoms. The first-order valence-electron chi connectivity index (χ1n) is 8.08. The molecule has 0 saturated carbocycles. The normalized spacial score (nSPS) is 16.1. The topological polar surface area (TPSA) is 54.7 Å². The van der Waals surface area contributed by atoms with Crippen LogP contribution in [-0.4, -0.2) is 37.6 Å². The minimum absolute atomic E-state index is 0.0999. The Bertz CT molecular complexity index is 695. The Hall–Kier alpha value is -1.79. The second kappa shape index (κ2) is 7.85. The molecule has 1 N–H and O–H groups in total. The van der Waals surface area contributed by atoms with Crippen molar-refractivity contribution in [1.82, 2.24) is 10.2 Å². The van der Waals surface area contributed by atoms with Crippen molar-refractivity contribution in [2.24, 2.45) is 0 Å². The molecule has 0 unspecified atom stereocenters. The number of hydrogen-bond acceptors (Lipinski definition) is 4. The number of rotatable bonds is 6. The molecule has 0 bridgehead atoms. The Morgan fingerprint density at radius 2 is 2.12 bits per heavy atom. The van der Waals surface area contributed by atoms with Crippen molar-refractivity contribution in [3.63, 3.8) is 0 Å². The van der Waals surface area contributed by atoms with Crippen molar-refractivity contribution in [1.29, 1.82) is 0 Å². The molecule has 1 amide bonds. The standard InChI is InChI=1S/C18H21BrN2O3/c1-23-16-7-3-2-6-14(16)15(21-8-4-5-9-21)11-20-18(22)13-10-17(19)24-12-13/h2-3,6-7,10,12,15H,4-5,8-9,11H2,1H3,(H,20,22)/t15-/m0/s1. The van der Waals surface area contributed by atoms with Crippen molar-refractivity contribution in [2.75, 3.05) is 26.7 Å². The van der Waals surface area contributed by atoms with Gasteiger partial charge in [0.2, 0.25) is 0 Å². The quantitative estimate of drug-likeness (QED) is 0.815. The van der Waals surface area contributed by atoms with Crippen LogP contribution in [0.15, 0.2) is 45.7 Å². The van der Waals surface area contributed by atoms with E-state index in [4.69, 9.17) is 9.15 Å². The third-order valence-electron chi connectivity index (χ3n) is 4.36. The van der Waals surface area contributed by atoms with Gasteiger partial charge < -0.3 is 14.5 Å². The van der Waals surface area contributed by atoms with Crippen LogP contribution in [0.3, 0.4) is 0 Å². The molecule has 0 radical (unpaired) electrons. The van der Waals surface area contributed by atoms with Crippen molar-refractivity contribution in [3.05, 3.63) is 52.4 Å². The number of carbonyl (C=O) groups excluding carboxylic acids is 1. The molecule has 1 aliphatic heterocycles. The lowest BCUT2D eigenvalue weighted by atomic mass is 10.0. The fraction of sp³-hybridized carbons (Fsp3) is 0.389. The van der Waals surface area contributed by atoms with Crippen LogP contribution in [-0.2, 0) is 0 Å². The number of halogens is 1. The predicted molar refractivity (Wildman–Crippen MR) is 95.3 cm³/mol. The average Bonchev–Trinajstić information content (AvgIpc) is 3.27. The van der Waals surface area contributed by atoms with Crippen LogP contribution < -0.4 is 10.1 Å². The molecule has 1 atom stereocenters. The summed E-state index contributed by atoms with van der Waals surface area (Å²) in [4.78, 5) is 14.7. The van der Waals surface area contributed by atoms with E-state index in [2.05, 4.69) is 32.2 Å². The molecule has 2 heterocycles. The van der Waals surface area contributed by atoms with Crippen LogP contribution in [0.25, 0.3) is 0 Å². The van der Waals surface area contributed by atoms with Gasteiger partial charge in [-0.3, -0.25) is 9.69 Å². The number of para-hydroxylation sites is 1. The van der Waals surface area contributed by atoms with Gasteiger partial charge in [0.15, 0.2) is 4.67 Å². The van der Waals surface area contributed by atoms with Gasteiger partial charge in [-0.15, -0.1) is 0 Å². The third-order valence-corrected chi connectivity index (χ3v) is 4.78. The molecule has 0 spiro atoms. The lowest BCUT2D eigenvalue weighted by Gasteiger charge is -2.29. The van der Waals surface area contributed by atoms with Gasteiger partial charge in [-0.25, -0.2) is 0 Å². The molecule has 5 nitrogen and oxygen atoms in total. The van der Waals surface area contributed by atoms with E-state index in [0.29, 0.717) is 16.8 Å². The Morgan fingerprint density at radius 1 is 1.38 bits per heavy atom. The summed E-state index contributed by atoms with van der Waals surface area (Å²) < 4.78 is 11.2.